The molecule has 1 aliphatic rings. The number of hydrogen-bond acceptors (Lipinski definition) is 3. The van der Waals surface area contributed by atoms with E-state index < -0.39 is 0 Å². The highest BCUT2D eigenvalue weighted by Crippen LogP contribution is 2.23. The number of anilines is 1. The normalized spacial score (nSPS) is 21.2. The molecule has 0 saturated carbocycles. The summed E-state index contributed by atoms with van der Waals surface area (Å²) in [4.78, 5) is 2.37. The zero-order valence-electron chi connectivity index (χ0n) is 10.1. The van der Waals surface area contributed by atoms with Crippen LogP contribution in [-0.4, -0.2) is 25.8 Å². The van der Waals surface area contributed by atoms with Crippen molar-refractivity contribution in [1.82, 2.24) is 0 Å². The number of rotatable bonds is 2. The molecule has 0 aromatic heterocycles. The third-order valence-electron chi connectivity index (χ3n) is 3.04. The second-order valence-electron chi connectivity index (χ2n) is 4.46. The molecule has 1 aliphatic heterocycles. The summed E-state index contributed by atoms with van der Waals surface area (Å²) >= 11 is 0. The average Bonchev–Trinajstić information content (AvgIpc) is 2.28. The van der Waals surface area contributed by atoms with Crippen molar-refractivity contribution >= 4 is 5.69 Å². The summed E-state index contributed by atoms with van der Waals surface area (Å²) in [6.07, 6.45) is 0.306. The fraction of sp³-hybridized carbons (Fsp3) is 0.538. The number of benzene rings is 1. The SMILES string of the molecule is Cc1ccc(N2CCOC(C)C2)c(CN)c1. The zero-order chi connectivity index (χ0) is 11.5. The fourth-order valence-electron chi connectivity index (χ4n) is 2.22. The van der Waals surface area contributed by atoms with E-state index in [-0.39, 0.29) is 0 Å². The molecule has 1 atom stereocenters. The maximum absolute atomic E-state index is 5.80. The number of ether oxygens (including phenoxy) is 1. The van der Waals surface area contributed by atoms with E-state index in [0.29, 0.717) is 12.6 Å². The van der Waals surface area contributed by atoms with E-state index in [1.165, 1.54) is 16.8 Å². The molecule has 1 fully saturated rings. The van der Waals surface area contributed by atoms with Gasteiger partial charge in [0.1, 0.15) is 0 Å². The predicted octanol–water partition coefficient (Wildman–Crippen LogP) is 1.68. The van der Waals surface area contributed by atoms with E-state index in [9.17, 15) is 0 Å². The number of nitrogens with two attached hydrogens (primary N) is 1. The van der Waals surface area contributed by atoms with Crippen LogP contribution in [-0.2, 0) is 11.3 Å². The zero-order valence-corrected chi connectivity index (χ0v) is 10.1. The van der Waals surface area contributed by atoms with Crippen molar-refractivity contribution in [1.29, 1.82) is 0 Å². The van der Waals surface area contributed by atoms with Crippen LogP contribution < -0.4 is 10.6 Å². The molecule has 1 aromatic rings. The first-order valence-corrected chi connectivity index (χ1v) is 5.87. The van der Waals surface area contributed by atoms with Crippen LogP contribution in [0, 0.1) is 6.92 Å². The molecule has 0 amide bonds. The van der Waals surface area contributed by atoms with Crippen LogP contribution in [0.25, 0.3) is 0 Å². The van der Waals surface area contributed by atoms with E-state index in [1.54, 1.807) is 0 Å². The van der Waals surface area contributed by atoms with Crippen molar-refractivity contribution in [3.8, 4) is 0 Å². The first kappa shape index (κ1) is 11.4. The van der Waals surface area contributed by atoms with Crippen LogP contribution in [0.15, 0.2) is 18.2 Å². The summed E-state index contributed by atoms with van der Waals surface area (Å²) in [5.74, 6) is 0. The van der Waals surface area contributed by atoms with Gasteiger partial charge < -0.3 is 15.4 Å². The van der Waals surface area contributed by atoms with Crippen molar-refractivity contribution in [3.63, 3.8) is 0 Å². The monoisotopic (exact) mass is 220 g/mol. The molecule has 1 aromatic carbocycles. The van der Waals surface area contributed by atoms with Crippen molar-refractivity contribution in [2.75, 3.05) is 24.6 Å². The molecule has 0 radical (unpaired) electrons. The molecule has 16 heavy (non-hydrogen) atoms. The van der Waals surface area contributed by atoms with Gasteiger partial charge in [0.25, 0.3) is 0 Å². The van der Waals surface area contributed by atoms with Crippen molar-refractivity contribution in [2.24, 2.45) is 5.73 Å². The summed E-state index contributed by atoms with van der Waals surface area (Å²) < 4.78 is 5.55. The Hall–Kier alpha value is -1.06. The predicted molar refractivity (Wildman–Crippen MR) is 66.7 cm³/mol. The highest BCUT2D eigenvalue weighted by molar-refractivity contribution is 5.55. The highest BCUT2D eigenvalue weighted by Gasteiger charge is 2.18. The van der Waals surface area contributed by atoms with E-state index in [0.717, 1.165) is 19.7 Å². The van der Waals surface area contributed by atoms with Crippen molar-refractivity contribution in [2.45, 2.75) is 26.5 Å². The molecule has 88 valence electrons. The Morgan fingerprint density at radius 2 is 2.31 bits per heavy atom. The molecule has 0 aliphatic carbocycles. The average molecular weight is 220 g/mol. The van der Waals surface area contributed by atoms with Gasteiger partial charge in [-0.05, 0) is 25.5 Å². The minimum Gasteiger partial charge on any atom is -0.375 e. The number of morpholine rings is 1. The van der Waals surface area contributed by atoms with E-state index in [1.807, 2.05) is 0 Å². The Morgan fingerprint density at radius 1 is 1.50 bits per heavy atom. The van der Waals surface area contributed by atoms with Gasteiger partial charge in [0.2, 0.25) is 0 Å². The summed E-state index contributed by atoms with van der Waals surface area (Å²) in [7, 11) is 0. The highest BCUT2D eigenvalue weighted by atomic mass is 16.5. The van der Waals surface area contributed by atoms with E-state index >= 15 is 0 Å². The number of hydrogen-bond donors (Lipinski definition) is 1. The Kier molecular flexibility index (Phi) is 3.46. The fourth-order valence-corrected chi connectivity index (χ4v) is 2.22. The molecule has 0 spiro atoms. The van der Waals surface area contributed by atoms with Gasteiger partial charge in [0.15, 0.2) is 0 Å². The van der Waals surface area contributed by atoms with Crippen LogP contribution in [0.2, 0.25) is 0 Å². The third-order valence-corrected chi connectivity index (χ3v) is 3.04. The quantitative estimate of drug-likeness (QED) is 0.824. The number of nitrogens with zero attached hydrogens (tertiary/aromatic N) is 1. The Morgan fingerprint density at radius 3 is 3.00 bits per heavy atom. The summed E-state index contributed by atoms with van der Waals surface area (Å²) in [5, 5.41) is 0. The van der Waals surface area contributed by atoms with Gasteiger partial charge in [-0.15, -0.1) is 0 Å². The first-order chi connectivity index (χ1) is 7.70. The first-order valence-electron chi connectivity index (χ1n) is 5.87. The molecular formula is C13H20N2O. The van der Waals surface area contributed by atoms with Crippen LogP contribution in [0.5, 0.6) is 0 Å². The molecule has 0 bridgehead atoms. The van der Waals surface area contributed by atoms with E-state index in [2.05, 4.69) is 36.9 Å². The molecule has 3 nitrogen and oxygen atoms in total. The second-order valence-corrected chi connectivity index (χ2v) is 4.46. The molecule has 1 unspecified atom stereocenters. The molecule has 2 rings (SSSR count). The Labute approximate surface area is 97.2 Å². The second kappa shape index (κ2) is 4.85. The number of aryl methyl sites for hydroxylation is 1. The van der Waals surface area contributed by atoms with Crippen molar-refractivity contribution < 1.29 is 4.74 Å². The third kappa shape index (κ3) is 2.36. The molecule has 1 heterocycles. The standard InChI is InChI=1S/C13H20N2O/c1-10-3-4-13(12(7-10)8-14)15-5-6-16-11(2)9-15/h3-4,7,11H,5-6,8-9,14H2,1-2H3. The lowest BCUT2D eigenvalue weighted by Crippen LogP contribution is -2.41. The van der Waals surface area contributed by atoms with Gasteiger partial charge in [0, 0.05) is 25.3 Å². The maximum Gasteiger partial charge on any atom is 0.0722 e. The Bertz CT molecular complexity index is 365. The molecule has 2 N–H and O–H groups in total. The lowest BCUT2D eigenvalue weighted by atomic mass is 10.1. The van der Waals surface area contributed by atoms with E-state index in [4.69, 9.17) is 10.5 Å². The van der Waals surface area contributed by atoms with Gasteiger partial charge in [-0.25, -0.2) is 0 Å². The van der Waals surface area contributed by atoms with Crippen LogP contribution in [0.4, 0.5) is 5.69 Å². The summed E-state index contributed by atoms with van der Waals surface area (Å²) in [5.41, 5.74) is 9.57. The topological polar surface area (TPSA) is 38.5 Å². The van der Waals surface area contributed by atoms with Gasteiger partial charge >= 0.3 is 0 Å². The molecular weight excluding hydrogens is 200 g/mol. The largest absolute Gasteiger partial charge is 0.375 e. The lowest BCUT2D eigenvalue weighted by molar-refractivity contribution is 0.0532. The maximum atomic E-state index is 5.80. The van der Waals surface area contributed by atoms with Crippen LogP contribution in [0.1, 0.15) is 18.1 Å². The molecule has 3 heteroatoms. The van der Waals surface area contributed by atoms with Gasteiger partial charge in [0.05, 0.1) is 12.7 Å². The van der Waals surface area contributed by atoms with Crippen LogP contribution in [0.3, 0.4) is 0 Å². The van der Waals surface area contributed by atoms with Gasteiger partial charge in [-0.1, -0.05) is 17.7 Å². The summed E-state index contributed by atoms with van der Waals surface area (Å²) in [6, 6.07) is 6.50. The van der Waals surface area contributed by atoms with Crippen molar-refractivity contribution in [3.05, 3.63) is 29.3 Å². The summed E-state index contributed by atoms with van der Waals surface area (Å²) in [6.45, 7) is 7.53. The minimum atomic E-state index is 0.306. The molecule has 1 saturated heterocycles. The smallest absolute Gasteiger partial charge is 0.0722 e. The Balaban J connectivity index is 2.24. The van der Waals surface area contributed by atoms with Gasteiger partial charge in [-0.2, -0.15) is 0 Å². The van der Waals surface area contributed by atoms with Crippen LogP contribution >= 0.6 is 0 Å². The lowest BCUT2D eigenvalue weighted by Gasteiger charge is -2.34. The minimum absolute atomic E-state index is 0.306. The van der Waals surface area contributed by atoms with Gasteiger partial charge in [-0.3, -0.25) is 0 Å².